The smallest absolute Gasteiger partial charge is 0.141 e. The van der Waals surface area contributed by atoms with Crippen molar-refractivity contribution in [3.8, 4) is 5.75 Å². The third kappa shape index (κ3) is 1.91. The molecule has 0 saturated heterocycles. The van der Waals surface area contributed by atoms with Crippen molar-refractivity contribution >= 4 is 21.4 Å². The van der Waals surface area contributed by atoms with E-state index >= 15 is 0 Å². The van der Waals surface area contributed by atoms with Crippen LogP contribution in [0.2, 0.25) is 0 Å². The van der Waals surface area contributed by atoms with Crippen LogP contribution in [0.25, 0.3) is 0 Å². The Hall–Kier alpha value is -0.150. The van der Waals surface area contributed by atoms with Crippen LogP contribution in [-0.2, 0) is 0 Å². The van der Waals surface area contributed by atoms with E-state index in [1.165, 1.54) is 4.21 Å². The maximum absolute atomic E-state index is 5.24. The zero-order valence-electron chi connectivity index (χ0n) is 7.38. The van der Waals surface area contributed by atoms with E-state index in [1.807, 2.05) is 6.07 Å². The van der Waals surface area contributed by atoms with Crippen LogP contribution in [-0.4, -0.2) is 25.9 Å². The van der Waals surface area contributed by atoms with E-state index in [0.717, 1.165) is 5.75 Å². The maximum Gasteiger partial charge on any atom is 0.141 e. The Labute approximate surface area is 73.7 Å². The Morgan fingerprint density at radius 3 is 2.36 bits per heavy atom. The van der Waals surface area contributed by atoms with Gasteiger partial charge in [-0.2, -0.15) is 0 Å². The molecule has 0 unspecified atom stereocenters. The second-order valence-electron chi connectivity index (χ2n) is 3.11. The fraction of sp³-hybridized carbons (Fsp3) is 0.500. The van der Waals surface area contributed by atoms with Crippen LogP contribution in [0, 0.1) is 0 Å². The van der Waals surface area contributed by atoms with Gasteiger partial charge in [-0.05, 0) is 30.2 Å². The van der Waals surface area contributed by atoms with Crippen molar-refractivity contribution in [2.45, 2.75) is 4.21 Å². The van der Waals surface area contributed by atoms with Gasteiger partial charge in [-0.15, -0.1) is 11.3 Å². The van der Waals surface area contributed by atoms with Gasteiger partial charge in [0.15, 0.2) is 0 Å². The summed E-state index contributed by atoms with van der Waals surface area (Å²) in [7, 11) is 1.12. The molecular weight excluding hydrogens is 176 g/mol. The molecule has 1 aromatic heterocycles. The number of hydrogen-bond donors (Lipinski definition) is 0. The Morgan fingerprint density at radius 1 is 1.36 bits per heavy atom. The monoisotopic (exact) mass is 190 g/mol. The first-order valence-corrected chi connectivity index (χ1v) is 7.09. The van der Waals surface area contributed by atoms with Crippen molar-refractivity contribution in [1.29, 1.82) is 0 Å². The van der Waals surface area contributed by atoms with Gasteiger partial charge in [0.1, 0.15) is 5.75 Å². The van der Waals surface area contributed by atoms with Gasteiger partial charge < -0.3 is 4.74 Å². The quantitative estimate of drug-likeness (QED) is 0.697. The molecule has 0 N–H and O–H groups in total. The number of thiophene rings is 1. The summed E-state index contributed by atoms with van der Waals surface area (Å²) in [6.45, 7) is 0. The first kappa shape index (κ1) is 8.94. The Bertz CT molecular complexity index is 234. The summed E-state index contributed by atoms with van der Waals surface area (Å²) in [5.41, 5.74) is 0. The number of ether oxygens (including phenoxy) is 1. The van der Waals surface area contributed by atoms with Gasteiger partial charge >= 0.3 is 0 Å². The second-order valence-corrected chi connectivity index (χ2v) is 8.37. The molecule has 1 nitrogen and oxygen atoms in total. The van der Waals surface area contributed by atoms with Gasteiger partial charge in [0, 0.05) is 0 Å². The van der Waals surface area contributed by atoms with Crippen molar-refractivity contribution in [2.75, 3.05) is 25.9 Å². The molecule has 64 valence electrons. The summed E-state index contributed by atoms with van der Waals surface area (Å²) >= 11 is 1.79. The Balaban J connectivity index is 3.02. The van der Waals surface area contributed by atoms with Gasteiger partial charge in [0.25, 0.3) is 0 Å². The van der Waals surface area contributed by atoms with Crippen LogP contribution >= 0.6 is 21.4 Å². The highest BCUT2D eigenvalue weighted by Crippen LogP contribution is 2.52. The summed E-state index contributed by atoms with van der Waals surface area (Å²) in [5, 5.41) is 2.09. The van der Waals surface area contributed by atoms with Crippen LogP contribution < -0.4 is 4.74 Å². The lowest BCUT2D eigenvalue weighted by atomic mass is 10.6. The second kappa shape index (κ2) is 3.07. The minimum Gasteiger partial charge on any atom is -0.495 e. The Morgan fingerprint density at radius 2 is 2.00 bits per heavy atom. The fourth-order valence-corrected chi connectivity index (χ4v) is 3.54. The highest BCUT2D eigenvalue weighted by Gasteiger charge is 2.14. The molecule has 11 heavy (non-hydrogen) atoms. The molecule has 0 aliphatic carbocycles. The lowest BCUT2D eigenvalue weighted by Crippen LogP contribution is -1.92. The number of hydrogen-bond acceptors (Lipinski definition) is 2. The summed E-state index contributed by atoms with van der Waals surface area (Å²) in [4.78, 5) is 0. The van der Waals surface area contributed by atoms with Crippen LogP contribution in [0.3, 0.4) is 0 Å². The molecule has 0 aliphatic rings. The average molecular weight is 190 g/mol. The highest BCUT2D eigenvalue weighted by atomic mass is 32.3. The molecule has 1 rings (SSSR count). The number of rotatable bonds is 2. The van der Waals surface area contributed by atoms with E-state index in [-0.39, 0.29) is 0 Å². The van der Waals surface area contributed by atoms with Crippen molar-refractivity contribution in [3.05, 3.63) is 11.4 Å². The predicted octanol–water partition coefficient (Wildman–Crippen LogP) is 2.81. The standard InChI is InChI=1S/C8H14OS2/c1-9-7-5-6-10-8(7)11(2,3)4/h5-6H,1-4H3. The summed E-state index contributed by atoms with van der Waals surface area (Å²) < 4.78 is 6.65. The van der Waals surface area contributed by atoms with E-state index < -0.39 is 10.0 Å². The van der Waals surface area contributed by atoms with Gasteiger partial charge in [-0.1, -0.05) is 0 Å². The number of methoxy groups -OCH3 is 1. The zero-order chi connectivity index (χ0) is 8.48. The minimum atomic E-state index is -0.609. The van der Waals surface area contributed by atoms with Gasteiger partial charge in [0.2, 0.25) is 0 Å². The third-order valence-corrected chi connectivity index (χ3v) is 5.16. The maximum atomic E-state index is 5.24. The summed E-state index contributed by atoms with van der Waals surface area (Å²) in [6.07, 6.45) is 6.84. The predicted molar refractivity (Wildman–Crippen MR) is 54.5 cm³/mol. The van der Waals surface area contributed by atoms with Gasteiger partial charge in [-0.3, -0.25) is 0 Å². The zero-order valence-corrected chi connectivity index (χ0v) is 9.01. The Kier molecular flexibility index (Phi) is 2.50. The van der Waals surface area contributed by atoms with E-state index in [0.29, 0.717) is 0 Å². The van der Waals surface area contributed by atoms with E-state index in [9.17, 15) is 0 Å². The van der Waals surface area contributed by atoms with Crippen molar-refractivity contribution in [1.82, 2.24) is 0 Å². The molecule has 0 fully saturated rings. The van der Waals surface area contributed by atoms with E-state index in [1.54, 1.807) is 18.4 Å². The first-order chi connectivity index (χ1) is 5.05. The van der Waals surface area contributed by atoms with E-state index in [4.69, 9.17) is 4.74 Å². The fourth-order valence-electron chi connectivity index (χ4n) is 0.881. The molecule has 0 atom stereocenters. The van der Waals surface area contributed by atoms with Crippen LogP contribution in [0.4, 0.5) is 0 Å². The topological polar surface area (TPSA) is 9.23 Å². The molecule has 0 amide bonds. The lowest BCUT2D eigenvalue weighted by Gasteiger charge is -2.24. The van der Waals surface area contributed by atoms with Crippen molar-refractivity contribution in [3.63, 3.8) is 0 Å². The summed E-state index contributed by atoms with van der Waals surface area (Å²) in [6, 6.07) is 2.04. The molecule has 1 aromatic rings. The molecule has 0 radical (unpaired) electrons. The summed E-state index contributed by atoms with van der Waals surface area (Å²) in [5.74, 6) is 1.05. The SMILES string of the molecule is COc1ccsc1S(C)(C)C. The molecule has 3 heteroatoms. The van der Waals surface area contributed by atoms with Crippen LogP contribution in [0.5, 0.6) is 5.75 Å². The molecule has 0 spiro atoms. The molecule has 0 aromatic carbocycles. The molecule has 0 saturated carbocycles. The molecule has 0 aliphatic heterocycles. The van der Waals surface area contributed by atoms with Crippen molar-refractivity contribution in [2.24, 2.45) is 0 Å². The third-order valence-electron chi connectivity index (χ3n) is 1.37. The minimum absolute atomic E-state index is 0.609. The molecule has 1 heterocycles. The largest absolute Gasteiger partial charge is 0.495 e. The van der Waals surface area contributed by atoms with Crippen LogP contribution in [0.1, 0.15) is 0 Å². The van der Waals surface area contributed by atoms with Gasteiger partial charge in [0.05, 0.1) is 11.3 Å². The van der Waals surface area contributed by atoms with Gasteiger partial charge in [-0.25, -0.2) is 10.0 Å². The molecule has 0 bridgehead atoms. The van der Waals surface area contributed by atoms with Crippen LogP contribution in [0.15, 0.2) is 15.7 Å². The normalized spacial score (nSPS) is 13.1. The first-order valence-electron chi connectivity index (χ1n) is 3.35. The molecular formula is C8H14OS2. The highest BCUT2D eigenvalue weighted by molar-refractivity contribution is 8.33. The van der Waals surface area contributed by atoms with E-state index in [2.05, 4.69) is 24.1 Å². The lowest BCUT2D eigenvalue weighted by molar-refractivity contribution is 0.408. The average Bonchev–Trinajstić information content (AvgIpc) is 2.31. The van der Waals surface area contributed by atoms with Crippen molar-refractivity contribution < 1.29 is 4.74 Å².